The molecule has 1 aromatic rings. The zero-order valence-corrected chi connectivity index (χ0v) is 13.8. The molecule has 1 aliphatic rings. The van der Waals surface area contributed by atoms with Crippen LogP contribution in [0.2, 0.25) is 0 Å². The van der Waals surface area contributed by atoms with Gasteiger partial charge >= 0.3 is 6.18 Å². The lowest BCUT2D eigenvalue weighted by Gasteiger charge is -2.30. The molecule has 1 aromatic carbocycles. The summed E-state index contributed by atoms with van der Waals surface area (Å²) in [6.45, 7) is 4.28. The maximum atomic E-state index is 12.5. The van der Waals surface area contributed by atoms with Crippen molar-refractivity contribution in [1.82, 2.24) is 4.90 Å². The van der Waals surface area contributed by atoms with E-state index in [1.165, 1.54) is 12.1 Å². The van der Waals surface area contributed by atoms with E-state index in [9.17, 15) is 23.1 Å². The van der Waals surface area contributed by atoms with Crippen molar-refractivity contribution in [3.8, 4) is 0 Å². The van der Waals surface area contributed by atoms with E-state index in [2.05, 4.69) is 5.32 Å². The first-order chi connectivity index (χ1) is 11.2. The van der Waals surface area contributed by atoms with Gasteiger partial charge in [-0.25, -0.2) is 0 Å². The Morgan fingerprint density at radius 3 is 2.50 bits per heavy atom. The van der Waals surface area contributed by atoms with Gasteiger partial charge in [-0.1, -0.05) is 0 Å². The number of amides is 1. The Labute approximate surface area is 139 Å². The molecule has 0 radical (unpaired) electrons. The fraction of sp³-hybridized carbons (Fsp3) is 0.588. The van der Waals surface area contributed by atoms with Crippen LogP contribution in [0.1, 0.15) is 38.7 Å². The third kappa shape index (κ3) is 4.70. The molecular weight excluding hydrogens is 321 g/mol. The van der Waals surface area contributed by atoms with Crippen LogP contribution in [0.15, 0.2) is 24.3 Å². The number of halogens is 3. The molecule has 4 nitrogen and oxygen atoms in total. The van der Waals surface area contributed by atoms with E-state index in [0.29, 0.717) is 12.1 Å². The van der Waals surface area contributed by atoms with Gasteiger partial charge < -0.3 is 10.4 Å². The van der Waals surface area contributed by atoms with Crippen molar-refractivity contribution in [1.29, 1.82) is 0 Å². The lowest BCUT2D eigenvalue weighted by atomic mass is 10.1. The van der Waals surface area contributed by atoms with Crippen LogP contribution in [0.5, 0.6) is 0 Å². The average Bonchev–Trinajstić information content (AvgIpc) is 2.93. The molecule has 1 saturated heterocycles. The minimum atomic E-state index is -4.39. The standard InChI is InChI=1S/C17H23F3N2O2/c1-11(23)10-15-4-3-9-22(15)12(2)16(24)21-14-7-5-13(6-8-14)17(18,19)20/h5-8,11-12,15,23H,3-4,9-10H2,1-2H3,(H,21,24). The molecule has 0 bridgehead atoms. The Morgan fingerprint density at radius 1 is 1.33 bits per heavy atom. The number of alkyl halides is 3. The van der Waals surface area contributed by atoms with E-state index in [1.807, 2.05) is 4.90 Å². The molecule has 0 aliphatic carbocycles. The second kappa shape index (κ2) is 7.53. The molecule has 1 fully saturated rings. The van der Waals surface area contributed by atoms with E-state index in [1.54, 1.807) is 13.8 Å². The number of nitrogens with one attached hydrogen (secondary N) is 1. The molecule has 3 unspecified atom stereocenters. The van der Waals surface area contributed by atoms with Crippen LogP contribution in [-0.2, 0) is 11.0 Å². The third-order valence-electron chi connectivity index (χ3n) is 4.39. The van der Waals surface area contributed by atoms with Crippen molar-refractivity contribution in [2.45, 2.75) is 57.5 Å². The summed E-state index contributed by atoms with van der Waals surface area (Å²) in [7, 11) is 0. The quantitative estimate of drug-likeness (QED) is 0.862. The number of nitrogens with zero attached hydrogens (tertiary/aromatic N) is 1. The second-order valence-corrected chi connectivity index (χ2v) is 6.36. The van der Waals surface area contributed by atoms with Gasteiger partial charge in [0.05, 0.1) is 17.7 Å². The zero-order valence-electron chi connectivity index (χ0n) is 13.8. The van der Waals surface area contributed by atoms with Crippen molar-refractivity contribution < 1.29 is 23.1 Å². The molecule has 0 spiro atoms. The van der Waals surface area contributed by atoms with E-state index in [-0.39, 0.29) is 11.9 Å². The smallest absolute Gasteiger partial charge is 0.393 e. The summed E-state index contributed by atoms with van der Waals surface area (Å²) in [6.07, 6.45) is -2.31. The van der Waals surface area contributed by atoms with E-state index in [4.69, 9.17) is 0 Å². The molecule has 1 amide bonds. The summed E-state index contributed by atoms with van der Waals surface area (Å²) in [4.78, 5) is 14.4. The number of aliphatic hydroxyl groups is 1. The number of benzene rings is 1. The Kier molecular flexibility index (Phi) is 5.87. The minimum absolute atomic E-state index is 0.151. The summed E-state index contributed by atoms with van der Waals surface area (Å²) < 4.78 is 37.6. The van der Waals surface area contributed by atoms with E-state index in [0.717, 1.165) is 31.5 Å². The van der Waals surface area contributed by atoms with Crippen LogP contribution in [0.3, 0.4) is 0 Å². The number of rotatable bonds is 5. The fourth-order valence-corrected chi connectivity index (χ4v) is 3.15. The second-order valence-electron chi connectivity index (χ2n) is 6.36. The molecule has 134 valence electrons. The predicted octanol–water partition coefficient (Wildman–Crippen LogP) is 3.27. The van der Waals surface area contributed by atoms with Crippen molar-refractivity contribution in [3.05, 3.63) is 29.8 Å². The molecular formula is C17H23F3N2O2. The van der Waals surface area contributed by atoms with Crippen molar-refractivity contribution in [2.24, 2.45) is 0 Å². The SMILES string of the molecule is CC(O)CC1CCCN1C(C)C(=O)Nc1ccc(C(F)(F)F)cc1. The fourth-order valence-electron chi connectivity index (χ4n) is 3.15. The number of carbonyl (C=O) groups excluding carboxylic acids is 1. The Hall–Kier alpha value is -1.60. The van der Waals surface area contributed by atoms with Crippen LogP contribution >= 0.6 is 0 Å². The maximum Gasteiger partial charge on any atom is 0.416 e. The molecule has 3 atom stereocenters. The third-order valence-corrected chi connectivity index (χ3v) is 4.39. The maximum absolute atomic E-state index is 12.5. The first-order valence-electron chi connectivity index (χ1n) is 8.10. The summed E-state index contributed by atoms with van der Waals surface area (Å²) in [5, 5.41) is 12.2. The Balaban J connectivity index is 1.98. The van der Waals surface area contributed by atoms with Gasteiger partial charge in [-0.3, -0.25) is 9.69 Å². The molecule has 0 saturated carbocycles. The normalized spacial score (nSPS) is 21.5. The summed E-state index contributed by atoms with van der Waals surface area (Å²) in [5.41, 5.74) is -0.406. The van der Waals surface area contributed by atoms with Gasteiger partial charge in [0, 0.05) is 11.7 Å². The summed E-state index contributed by atoms with van der Waals surface area (Å²) in [5.74, 6) is -0.257. The highest BCUT2D eigenvalue weighted by molar-refractivity contribution is 5.94. The van der Waals surface area contributed by atoms with Crippen molar-refractivity contribution in [3.63, 3.8) is 0 Å². The van der Waals surface area contributed by atoms with Gasteiger partial charge in [0.15, 0.2) is 0 Å². The highest BCUT2D eigenvalue weighted by atomic mass is 19.4. The monoisotopic (exact) mass is 344 g/mol. The van der Waals surface area contributed by atoms with Gasteiger partial charge in [0.25, 0.3) is 0 Å². The van der Waals surface area contributed by atoms with Crippen molar-refractivity contribution in [2.75, 3.05) is 11.9 Å². The molecule has 0 aromatic heterocycles. The molecule has 1 heterocycles. The molecule has 2 rings (SSSR count). The number of carbonyl (C=O) groups is 1. The topological polar surface area (TPSA) is 52.6 Å². The highest BCUT2D eigenvalue weighted by Gasteiger charge is 2.33. The minimum Gasteiger partial charge on any atom is -0.393 e. The summed E-state index contributed by atoms with van der Waals surface area (Å²) in [6, 6.07) is 4.16. The molecule has 2 N–H and O–H groups in total. The van der Waals surface area contributed by atoms with Crippen LogP contribution < -0.4 is 5.32 Å². The van der Waals surface area contributed by atoms with Crippen LogP contribution in [0.4, 0.5) is 18.9 Å². The van der Waals surface area contributed by atoms with Gasteiger partial charge in [-0.2, -0.15) is 13.2 Å². The number of hydrogen-bond acceptors (Lipinski definition) is 3. The van der Waals surface area contributed by atoms with Crippen LogP contribution in [-0.4, -0.2) is 40.6 Å². The number of anilines is 1. The Morgan fingerprint density at radius 2 is 1.96 bits per heavy atom. The van der Waals surface area contributed by atoms with Crippen LogP contribution in [0.25, 0.3) is 0 Å². The van der Waals surface area contributed by atoms with Crippen LogP contribution in [0, 0.1) is 0 Å². The Bertz CT molecular complexity index is 558. The predicted molar refractivity (Wildman–Crippen MR) is 85.6 cm³/mol. The lowest BCUT2D eigenvalue weighted by molar-refractivity contribution is -0.137. The van der Waals surface area contributed by atoms with Gasteiger partial charge in [0.1, 0.15) is 0 Å². The van der Waals surface area contributed by atoms with Gasteiger partial charge in [-0.15, -0.1) is 0 Å². The number of hydrogen-bond donors (Lipinski definition) is 2. The number of likely N-dealkylation sites (tertiary alicyclic amines) is 1. The highest BCUT2D eigenvalue weighted by Crippen LogP contribution is 2.30. The van der Waals surface area contributed by atoms with E-state index >= 15 is 0 Å². The average molecular weight is 344 g/mol. The first kappa shape index (κ1) is 18.7. The van der Waals surface area contributed by atoms with Crippen molar-refractivity contribution >= 4 is 11.6 Å². The molecule has 24 heavy (non-hydrogen) atoms. The largest absolute Gasteiger partial charge is 0.416 e. The van der Waals surface area contributed by atoms with Gasteiger partial charge in [0.2, 0.25) is 5.91 Å². The van der Waals surface area contributed by atoms with E-state index < -0.39 is 23.9 Å². The molecule has 7 heteroatoms. The summed E-state index contributed by atoms with van der Waals surface area (Å²) >= 11 is 0. The lowest BCUT2D eigenvalue weighted by Crippen LogP contribution is -2.45. The number of aliphatic hydroxyl groups excluding tert-OH is 1. The first-order valence-corrected chi connectivity index (χ1v) is 8.10. The zero-order chi connectivity index (χ0) is 17.9. The molecule has 1 aliphatic heterocycles. The van der Waals surface area contributed by atoms with Gasteiger partial charge in [-0.05, 0) is 63.9 Å².